The average molecular weight is 407 g/mol. The number of carbonyl (C=O) groups is 2. The third kappa shape index (κ3) is 4.22. The number of piperidine rings is 1. The van der Waals surface area contributed by atoms with Gasteiger partial charge in [0.05, 0.1) is 11.6 Å². The number of H-pyrrole nitrogens is 1. The van der Waals surface area contributed by atoms with E-state index in [-0.39, 0.29) is 23.5 Å². The molecule has 1 aromatic carbocycles. The second-order valence-corrected chi connectivity index (χ2v) is 7.43. The first kappa shape index (κ1) is 19.8. The molecule has 0 unspecified atom stereocenters. The van der Waals surface area contributed by atoms with Crippen molar-refractivity contribution in [3.8, 4) is 11.4 Å². The molecular weight excluding hydrogens is 385 g/mol. The largest absolute Gasteiger partial charge is 0.337 e. The number of hydrogen-bond acceptors (Lipinski definition) is 4. The van der Waals surface area contributed by atoms with Crippen LogP contribution in [0.15, 0.2) is 48.7 Å². The van der Waals surface area contributed by atoms with E-state index in [1.807, 2.05) is 18.2 Å². The number of aryl methyl sites for hydroxylation is 1. The van der Waals surface area contributed by atoms with Gasteiger partial charge >= 0.3 is 0 Å². The first-order chi connectivity index (χ1) is 14.5. The van der Waals surface area contributed by atoms with E-state index in [2.05, 4.69) is 20.5 Å². The topological polar surface area (TPSA) is 91.0 Å². The Morgan fingerprint density at radius 2 is 2.07 bits per heavy atom. The number of nitrogens with one attached hydrogen (secondary N) is 2. The standard InChI is InChI=1S/C22H22FN5O2/c1-14-7-8-16(11-17(14)23)25-21(29)15-5-4-10-28(13-15)22(30)20-12-19(26-27-20)18-6-2-3-9-24-18/h2-3,6-9,11-12,15H,4-5,10,13H2,1H3,(H,25,29)(H,26,27)/t15-/m0/s1. The fraction of sp³-hybridized carbons (Fsp3) is 0.273. The molecule has 3 heterocycles. The molecule has 1 atom stereocenters. The molecule has 2 N–H and O–H groups in total. The highest BCUT2D eigenvalue weighted by Crippen LogP contribution is 2.22. The lowest BCUT2D eigenvalue weighted by Gasteiger charge is -2.31. The molecule has 154 valence electrons. The lowest BCUT2D eigenvalue weighted by Crippen LogP contribution is -2.43. The van der Waals surface area contributed by atoms with Crippen molar-refractivity contribution < 1.29 is 14.0 Å². The highest BCUT2D eigenvalue weighted by atomic mass is 19.1. The molecule has 2 amide bonds. The van der Waals surface area contributed by atoms with Crippen molar-refractivity contribution in [2.75, 3.05) is 18.4 Å². The number of rotatable bonds is 4. The SMILES string of the molecule is Cc1ccc(NC(=O)[C@H]2CCCN(C(=O)c3cc(-c4ccccn4)n[nH]3)C2)cc1F. The molecule has 1 aliphatic rings. The zero-order valence-corrected chi connectivity index (χ0v) is 16.6. The third-order valence-electron chi connectivity index (χ3n) is 5.25. The lowest BCUT2D eigenvalue weighted by atomic mass is 9.96. The smallest absolute Gasteiger partial charge is 0.271 e. The van der Waals surface area contributed by atoms with Gasteiger partial charge in [0.2, 0.25) is 5.91 Å². The molecule has 0 radical (unpaired) electrons. The molecule has 0 spiro atoms. The van der Waals surface area contributed by atoms with Crippen molar-refractivity contribution in [2.45, 2.75) is 19.8 Å². The van der Waals surface area contributed by atoms with E-state index in [4.69, 9.17) is 0 Å². The summed E-state index contributed by atoms with van der Waals surface area (Å²) in [5.74, 6) is -1.14. The van der Waals surface area contributed by atoms with Crippen LogP contribution in [0.3, 0.4) is 0 Å². The molecule has 30 heavy (non-hydrogen) atoms. The van der Waals surface area contributed by atoms with Crippen molar-refractivity contribution in [1.82, 2.24) is 20.1 Å². The Kier molecular flexibility index (Phi) is 5.56. The molecule has 1 fully saturated rings. The van der Waals surface area contributed by atoms with Crippen LogP contribution in [-0.2, 0) is 4.79 Å². The molecule has 4 rings (SSSR count). The van der Waals surface area contributed by atoms with Gasteiger partial charge in [-0.25, -0.2) is 4.39 Å². The molecule has 0 saturated carbocycles. The van der Waals surface area contributed by atoms with E-state index in [1.54, 1.807) is 36.2 Å². The van der Waals surface area contributed by atoms with Crippen molar-refractivity contribution in [1.29, 1.82) is 0 Å². The second kappa shape index (κ2) is 8.44. The zero-order valence-electron chi connectivity index (χ0n) is 16.6. The Balaban J connectivity index is 1.42. The van der Waals surface area contributed by atoms with Crippen molar-refractivity contribution in [2.24, 2.45) is 5.92 Å². The van der Waals surface area contributed by atoms with Crippen LogP contribution < -0.4 is 5.32 Å². The predicted octanol–water partition coefficient (Wildman–Crippen LogP) is 3.41. The molecule has 2 aromatic heterocycles. The van der Waals surface area contributed by atoms with Gasteiger partial charge in [0, 0.05) is 25.0 Å². The first-order valence-electron chi connectivity index (χ1n) is 9.84. The average Bonchev–Trinajstić information content (AvgIpc) is 3.27. The molecule has 1 aliphatic heterocycles. The van der Waals surface area contributed by atoms with Gasteiger partial charge < -0.3 is 10.2 Å². The fourth-order valence-corrected chi connectivity index (χ4v) is 3.54. The van der Waals surface area contributed by atoms with Gasteiger partial charge in [0.25, 0.3) is 5.91 Å². The van der Waals surface area contributed by atoms with Gasteiger partial charge in [0.15, 0.2) is 0 Å². The number of anilines is 1. The number of hydrogen-bond donors (Lipinski definition) is 2. The summed E-state index contributed by atoms with van der Waals surface area (Å²) in [5.41, 5.74) is 2.56. The van der Waals surface area contributed by atoms with E-state index in [0.717, 1.165) is 0 Å². The molecule has 0 bridgehead atoms. The number of pyridine rings is 1. The van der Waals surface area contributed by atoms with Gasteiger partial charge in [-0.1, -0.05) is 12.1 Å². The Hall–Kier alpha value is -3.55. The number of nitrogens with zero attached hydrogens (tertiary/aromatic N) is 3. The number of benzene rings is 1. The number of amides is 2. The number of aromatic nitrogens is 3. The van der Waals surface area contributed by atoms with Crippen LogP contribution in [0.1, 0.15) is 28.9 Å². The van der Waals surface area contributed by atoms with Crippen LogP contribution in [0.25, 0.3) is 11.4 Å². The zero-order chi connectivity index (χ0) is 21.1. The first-order valence-corrected chi connectivity index (χ1v) is 9.84. The van der Waals surface area contributed by atoms with Crippen molar-refractivity contribution in [3.63, 3.8) is 0 Å². The number of aromatic amines is 1. The maximum atomic E-state index is 13.7. The van der Waals surface area contributed by atoms with Crippen LogP contribution in [0, 0.1) is 18.7 Å². The van der Waals surface area contributed by atoms with Crippen LogP contribution in [-0.4, -0.2) is 45.0 Å². The highest BCUT2D eigenvalue weighted by Gasteiger charge is 2.30. The fourth-order valence-electron chi connectivity index (χ4n) is 3.54. The van der Waals surface area contributed by atoms with Crippen LogP contribution in [0.5, 0.6) is 0 Å². The summed E-state index contributed by atoms with van der Waals surface area (Å²) in [6, 6.07) is 11.8. The summed E-state index contributed by atoms with van der Waals surface area (Å²) in [4.78, 5) is 31.4. The van der Waals surface area contributed by atoms with Gasteiger partial charge in [-0.2, -0.15) is 5.10 Å². The quantitative estimate of drug-likeness (QED) is 0.693. The van der Waals surface area contributed by atoms with E-state index < -0.39 is 0 Å². The van der Waals surface area contributed by atoms with Gasteiger partial charge in [-0.05, 0) is 55.7 Å². The van der Waals surface area contributed by atoms with Crippen LogP contribution in [0.2, 0.25) is 0 Å². The summed E-state index contributed by atoms with van der Waals surface area (Å²) < 4.78 is 13.7. The Labute approximate surface area is 173 Å². The second-order valence-electron chi connectivity index (χ2n) is 7.43. The van der Waals surface area contributed by atoms with E-state index in [0.29, 0.717) is 54.3 Å². The van der Waals surface area contributed by atoms with E-state index in [1.165, 1.54) is 6.07 Å². The summed E-state index contributed by atoms with van der Waals surface area (Å²) in [5, 5.41) is 9.71. The normalized spacial score (nSPS) is 16.3. The molecular formula is C22H22FN5O2. The third-order valence-corrected chi connectivity index (χ3v) is 5.25. The highest BCUT2D eigenvalue weighted by molar-refractivity contribution is 5.95. The van der Waals surface area contributed by atoms with Crippen LogP contribution in [0.4, 0.5) is 10.1 Å². The van der Waals surface area contributed by atoms with Crippen molar-refractivity contribution >= 4 is 17.5 Å². The minimum Gasteiger partial charge on any atom is -0.337 e. The Bertz CT molecular complexity index is 1070. The van der Waals surface area contributed by atoms with Gasteiger partial charge in [0.1, 0.15) is 17.2 Å². The van der Waals surface area contributed by atoms with Crippen molar-refractivity contribution in [3.05, 3.63) is 65.7 Å². The predicted molar refractivity (Wildman–Crippen MR) is 110 cm³/mol. The van der Waals surface area contributed by atoms with Crippen LogP contribution >= 0.6 is 0 Å². The molecule has 8 heteroatoms. The lowest BCUT2D eigenvalue weighted by molar-refractivity contribution is -0.121. The number of halogens is 1. The number of likely N-dealkylation sites (tertiary alicyclic amines) is 1. The van der Waals surface area contributed by atoms with E-state index >= 15 is 0 Å². The summed E-state index contributed by atoms with van der Waals surface area (Å²) in [6.45, 7) is 2.54. The van der Waals surface area contributed by atoms with Gasteiger partial charge in [-0.15, -0.1) is 0 Å². The minimum atomic E-state index is -0.365. The molecule has 1 saturated heterocycles. The minimum absolute atomic E-state index is 0.205. The Morgan fingerprint density at radius 3 is 2.83 bits per heavy atom. The maximum Gasteiger partial charge on any atom is 0.271 e. The molecule has 0 aliphatic carbocycles. The summed E-state index contributed by atoms with van der Waals surface area (Å²) >= 11 is 0. The maximum absolute atomic E-state index is 13.7. The summed E-state index contributed by atoms with van der Waals surface area (Å²) in [7, 11) is 0. The van der Waals surface area contributed by atoms with Gasteiger partial charge in [-0.3, -0.25) is 19.7 Å². The summed E-state index contributed by atoms with van der Waals surface area (Å²) in [6.07, 6.45) is 3.05. The van der Waals surface area contributed by atoms with E-state index in [9.17, 15) is 14.0 Å². The Morgan fingerprint density at radius 1 is 1.20 bits per heavy atom. The number of carbonyl (C=O) groups excluding carboxylic acids is 2. The molecule has 3 aromatic rings. The molecule has 7 nitrogen and oxygen atoms in total. The monoisotopic (exact) mass is 407 g/mol.